The maximum Gasteiger partial charge on any atom is 0.164 e. The van der Waals surface area contributed by atoms with Crippen molar-refractivity contribution in [2.45, 2.75) is 6.04 Å². The molecule has 0 unspecified atom stereocenters. The average Bonchev–Trinajstić information content (AvgIpc) is 2.81. The van der Waals surface area contributed by atoms with Crippen LogP contribution in [0, 0.1) is 5.82 Å². The number of hydrogen-bond donors (Lipinski definition) is 3. The number of hydrogen-bond acceptors (Lipinski definition) is 6. The van der Waals surface area contributed by atoms with Gasteiger partial charge in [0.2, 0.25) is 0 Å². The summed E-state index contributed by atoms with van der Waals surface area (Å²) in [5, 5.41) is 8.43. The maximum atomic E-state index is 13.8. The van der Waals surface area contributed by atoms with Crippen LogP contribution >= 0.6 is 0 Å². The molecule has 0 atom stereocenters. The normalized spacial score (nSPS) is 15.1. The van der Waals surface area contributed by atoms with Crippen molar-refractivity contribution in [2.24, 2.45) is 0 Å². The van der Waals surface area contributed by atoms with Gasteiger partial charge in [0, 0.05) is 18.7 Å². The summed E-state index contributed by atoms with van der Waals surface area (Å²) >= 11 is 0. The molecule has 3 aromatic rings. The number of halogens is 1. The molecular weight excluding hydrogens is 285 g/mol. The Balaban J connectivity index is 1.98. The molecule has 0 amide bonds. The molecular formula is C14H14FN7. The Labute approximate surface area is 125 Å². The molecule has 5 N–H and O–H groups in total. The van der Waals surface area contributed by atoms with Crippen LogP contribution in [0.25, 0.3) is 22.3 Å². The van der Waals surface area contributed by atoms with Gasteiger partial charge in [0.1, 0.15) is 23.7 Å². The molecule has 0 aliphatic carbocycles. The monoisotopic (exact) mass is 299 g/mol. The fourth-order valence-electron chi connectivity index (χ4n) is 2.57. The Morgan fingerprint density at radius 2 is 2.05 bits per heavy atom. The van der Waals surface area contributed by atoms with Gasteiger partial charge in [0.15, 0.2) is 5.65 Å². The molecule has 22 heavy (non-hydrogen) atoms. The van der Waals surface area contributed by atoms with Gasteiger partial charge in [-0.1, -0.05) is 6.07 Å². The van der Waals surface area contributed by atoms with Crippen LogP contribution in [-0.2, 0) is 0 Å². The van der Waals surface area contributed by atoms with E-state index in [9.17, 15) is 4.39 Å². The number of aromatic nitrogens is 4. The second-order valence-corrected chi connectivity index (χ2v) is 5.30. The fraction of sp³-hybridized carbons (Fsp3) is 0.214. The zero-order valence-electron chi connectivity index (χ0n) is 11.6. The average molecular weight is 299 g/mol. The van der Waals surface area contributed by atoms with Gasteiger partial charge in [0.25, 0.3) is 0 Å². The number of nitrogen functional groups attached to an aromatic ring is 2. The van der Waals surface area contributed by atoms with Gasteiger partial charge in [-0.05, 0) is 12.1 Å². The molecule has 1 aromatic carbocycles. The van der Waals surface area contributed by atoms with Gasteiger partial charge in [-0.3, -0.25) is 0 Å². The summed E-state index contributed by atoms with van der Waals surface area (Å²) in [4.78, 5) is 8.32. The SMILES string of the molecule is Nc1ccc(-c2nn(C3CNC3)c3ncnc(N)c23)cc1F. The van der Waals surface area contributed by atoms with E-state index < -0.39 is 5.82 Å². The molecule has 8 heteroatoms. The Kier molecular flexibility index (Phi) is 2.73. The predicted molar refractivity (Wildman–Crippen MR) is 81.4 cm³/mol. The molecule has 1 fully saturated rings. The van der Waals surface area contributed by atoms with Crippen molar-refractivity contribution in [3.05, 3.63) is 30.3 Å². The van der Waals surface area contributed by atoms with Gasteiger partial charge in [0.05, 0.1) is 17.1 Å². The number of anilines is 2. The summed E-state index contributed by atoms with van der Waals surface area (Å²) in [7, 11) is 0. The number of fused-ring (bicyclic) bond motifs is 1. The molecule has 1 aliphatic heterocycles. The van der Waals surface area contributed by atoms with Crippen molar-refractivity contribution >= 4 is 22.5 Å². The highest BCUT2D eigenvalue weighted by Gasteiger charge is 2.26. The van der Waals surface area contributed by atoms with E-state index in [0.717, 1.165) is 13.1 Å². The topological polar surface area (TPSA) is 108 Å². The van der Waals surface area contributed by atoms with Crippen LogP contribution in [0.4, 0.5) is 15.9 Å². The summed E-state index contributed by atoms with van der Waals surface area (Å²) in [5.41, 5.74) is 13.5. The highest BCUT2D eigenvalue weighted by Crippen LogP contribution is 2.33. The second kappa shape index (κ2) is 4.63. The Morgan fingerprint density at radius 3 is 2.73 bits per heavy atom. The smallest absolute Gasteiger partial charge is 0.164 e. The lowest BCUT2D eigenvalue weighted by Crippen LogP contribution is -2.43. The van der Waals surface area contributed by atoms with Crippen LogP contribution in [0.2, 0.25) is 0 Å². The molecule has 1 saturated heterocycles. The van der Waals surface area contributed by atoms with E-state index in [-0.39, 0.29) is 11.7 Å². The summed E-state index contributed by atoms with van der Waals surface area (Å²) < 4.78 is 15.6. The standard InChI is InChI=1S/C14H14FN7/c15-9-3-7(1-2-10(9)16)12-11-13(17)19-6-20-14(11)22(21-12)8-4-18-5-8/h1-3,6,8,18H,4-5,16H2,(H2,17,19,20). The molecule has 112 valence electrons. The van der Waals surface area contributed by atoms with Crippen molar-refractivity contribution in [3.63, 3.8) is 0 Å². The van der Waals surface area contributed by atoms with Gasteiger partial charge < -0.3 is 16.8 Å². The molecule has 7 nitrogen and oxygen atoms in total. The third kappa shape index (κ3) is 1.81. The Bertz CT molecular complexity index is 869. The van der Waals surface area contributed by atoms with E-state index in [0.29, 0.717) is 28.1 Å². The lowest BCUT2D eigenvalue weighted by atomic mass is 10.1. The predicted octanol–water partition coefficient (Wildman–Crippen LogP) is 0.941. The number of nitrogens with two attached hydrogens (primary N) is 2. The van der Waals surface area contributed by atoms with E-state index >= 15 is 0 Å². The summed E-state index contributed by atoms with van der Waals surface area (Å²) in [6.45, 7) is 1.63. The minimum absolute atomic E-state index is 0.0971. The van der Waals surface area contributed by atoms with Gasteiger partial charge >= 0.3 is 0 Å². The molecule has 0 bridgehead atoms. The van der Waals surface area contributed by atoms with E-state index in [2.05, 4.69) is 20.4 Å². The Morgan fingerprint density at radius 1 is 1.23 bits per heavy atom. The first-order valence-electron chi connectivity index (χ1n) is 6.90. The van der Waals surface area contributed by atoms with Gasteiger partial charge in [-0.15, -0.1) is 0 Å². The van der Waals surface area contributed by atoms with E-state index in [1.54, 1.807) is 6.07 Å². The molecule has 1 aliphatic rings. The lowest BCUT2D eigenvalue weighted by Gasteiger charge is -2.27. The summed E-state index contributed by atoms with van der Waals surface area (Å²) in [6.07, 6.45) is 1.41. The van der Waals surface area contributed by atoms with Crippen molar-refractivity contribution < 1.29 is 4.39 Å². The number of benzene rings is 1. The van der Waals surface area contributed by atoms with Crippen molar-refractivity contribution in [3.8, 4) is 11.3 Å². The number of nitrogens with zero attached hydrogens (tertiary/aromatic N) is 4. The van der Waals surface area contributed by atoms with Crippen LogP contribution < -0.4 is 16.8 Å². The van der Waals surface area contributed by atoms with Crippen molar-refractivity contribution in [1.82, 2.24) is 25.1 Å². The molecule has 0 radical (unpaired) electrons. The zero-order chi connectivity index (χ0) is 15.3. The summed E-state index contributed by atoms with van der Waals surface area (Å²) in [6, 6.07) is 4.80. The van der Waals surface area contributed by atoms with E-state index in [4.69, 9.17) is 11.5 Å². The molecule has 0 saturated carbocycles. The molecule has 0 spiro atoms. The minimum Gasteiger partial charge on any atom is -0.396 e. The third-order valence-electron chi connectivity index (χ3n) is 3.90. The highest BCUT2D eigenvalue weighted by atomic mass is 19.1. The minimum atomic E-state index is -0.485. The van der Waals surface area contributed by atoms with Crippen LogP contribution in [0.3, 0.4) is 0 Å². The van der Waals surface area contributed by atoms with Crippen molar-refractivity contribution in [1.29, 1.82) is 0 Å². The van der Waals surface area contributed by atoms with E-state index in [1.165, 1.54) is 18.5 Å². The van der Waals surface area contributed by atoms with Crippen LogP contribution in [0.1, 0.15) is 6.04 Å². The van der Waals surface area contributed by atoms with Gasteiger partial charge in [-0.2, -0.15) is 5.10 Å². The first-order valence-corrected chi connectivity index (χ1v) is 6.90. The van der Waals surface area contributed by atoms with Crippen LogP contribution in [-0.4, -0.2) is 32.8 Å². The third-order valence-corrected chi connectivity index (χ3v) is 3.90. The number of nitrogens with one attached hydrogen (secondary N) is 1. The zero-order valence-corrected chi connectivity index (χ0v) is 11.6. The molecule has 3 heterocycles. The number of rotatable bonds is 2. The van der Waals surface area contributed by atoms with Crippen molar-refractivity contribution in [2.75, 3.05) is 24.6 Å². The maximum absolute atomic E-state index is 13.8. The summed E-state index contributed by atoms with van der Waals surface area (Å²) in [5.74, 6) is -0.156. The van der Waals surface area contributed by atoms with Gasteiger partial charge in [-0.25, -0.2) is 19.0 Å². The fourth-order valence-corrected chi connectivity index (χ4v) is 2.57. The second-order valence-electron chi connectivity index (χ2n) is 5.30. The van der Waals surface area contributed by atoms with Crippen LogP contribution in [0.15, 0.2) is 24.5 Å². The van der Waals surface area contributed by atoms with E-state index in [1.807, 2.05) is 4.68 Å². The first kappa shape index (κ1) is 13.0. The Hall–Kier alpha value is -2.74. The highest BCUT2D eigenvalue weighted by molar-refractivity contribution is 5.98. The molecule has 2 aromatic heterocycles. The molecule has 4 rings (SSSR count). The lowest BCUT2D eigenvalue weighted by molar-refractivity contribution is 0.325. The quantitative estimate of drug-likeness (QED) is 0.608. The van der Waals surface area contributed by atoms with Crippen LogP contribution in [0.5, 0.6) is 0 Å². The first-order chi connectivity index (χ1) is 10.6. The largest absolute Gasteiger partial charge is 0.396 e.